The molecule has 5 heteroatoms. The summed E-state index contributed by atoms with van der Waals surface area (Å²) in [5.41, 5.74) is 2.27. The third-order valence-electron chi connectivity index (χ3n) is 3.43. The second-order valence-electron chi connectivity index (χ2n) is 5.14. The Hall–Kier alpha value is -2.63. The van der Waals surface area contributed by atoms with E-state index in [4.69, 9.17) is 0 Å². The fourth-order valence-electron chi connectivity index (χ4n) is 2.21. The highest BCUT2D eigenvalue weighted by atomic mass is 16.4. The largest absolute Gasteiger partial charge is 0.545 e. The standard InChI is InChI=1S/C11H14N2O.C7H6O2/c1-12-7-11(14)9-3-2-8-4-5-13-10(8)6-9;8-7(9)6-4-2-1-3-5-6/h2-6,11-14H,7H2,1H3;1-5H,(H,8,9). The molecule has 2 aromatic carbocycles. The monoisotopic (exact) mass is 312 g/mol. The van der Waals surface area contributed by atoms with Crippen molar-refractivity contribution in [2.75, 3.05) is 13.6 Å². The molecule has 1 heterocycles. The Morgan fingerprint density at radius 1 is 1.22 bits per heavy atom. The number of quaternary nitrogens is 1. The van der Waals surface area contributed by atoms with Crippen LogP contribution in [0.15, 0.2) is 60.8 Å². The van der Waals surface area contributed by atoms with E-state index in [1.54, 1.807) is 18.2 Å². The van der Waals surface area contributed by atoms with Crippen LogP contribution in [0.2, 0.25) is 0 Å². The van der Waals surface area contributed by atoms with Crippen molar-refractivity contribution in [3.05, 3.63) is 71.9 Å². The van der Waals surface area contributed by atoms with Crippen molar-refractivity contribution in [2.24, 2.45) is 0 Å². The normalized spacial score (nSPS) is 11.6. The molecule has 0 saturated carbocycles. The number of likely N-dealkylation sites (N-methyl/N-ethyl adjacent to an activating group) is 1. The molecule has 0 spiro atoms. The molecule has 1 atom stereocenters. The van der Waals surface area contributed by atoms with Crippen molar-refractivity contribution >= 4 is 16.9 Å². The zero-order valence-electron chi connectivity index (χ0n) is 12.9. The van der Waals surface area contributed by atoms with Crippen molar-refractivity contribution in [2.45, 2.75) is 6.10 Å². The van der Waals surface area contributed by atoms with E-state index >= 15 is 0 Å². The first-order valence-electron chi connectivity index (χ1n) is 7.41. The van der Waals surface area contributed by atoms with E-state index in [0.717, 1.165) is 11.1 Å². The third-order valence-corrected chi connectivity index (χ3v) is 3.43. The molecule has 0 saturated heterocycles. The zero-order valence-corrected chi connectivity index (χ0v) is 12.9. The highest BCUT2D eigenvalue weighted by Crippen LogP contribution is 2.18. The van der Waals surface area contributed by atoms with Gasteiger partial charge in [0.2, 0.25) is 0 Å². The lowest BCUT2D eigenvalue weighted by Crippen LogP contribution is -2.80. The minimum Gasteiger partial charge on any atom is -0.545 e. The molecular weight excluding hydrogens is 292 g/mol. The number of carbonyl (C=O) groups excluding carboxylic acids is 1. The van der Waals surface area contributed by atoms with Crippen molar-refractivity contribution in [3.8, 4) is 0 Å². The number of aliphatic hydroxyl groups excluding tert-OH is 1. The van der Waals surface area contributed by atoms with Gasteiger partial charge in [0.15, 0.2) is 0 Å². The number of carbonyl (C=O) groups is 1. The molecular formula is C18H20N2O3. The average molecular weight is 312 g/mol. The molecule has 1 aromatic heterocycles. The smallest absolute Gasteiger partial charge is 0.128 e. The summed E-state index contributed by atoms with van der Waals surface area (Å²) in [5.74, 6) is -1.13. The fourth-order valence-corrected chi connectivity index (χ4v) is 2.21. The molecule has 0 fully saturated rings. The summed E-state index contributed by atoms with van der Waals surface area (Å²) in [6.07, 6.45) is 1.53. The van der Waals surface area contributed by atoms with Crippen molar-refractivity contribution in [1.29, 1.82) is 0 Å². The average Bonchev–Trinajstić information content (AvgIpc) is 3.04. The van der Waals surface area contributed by atoms with Crippen molar-refractivity contribution < 1.29 is 20.3 Å². The van der Waals surface area contributed by atoms with Gasteiger partial charge in [0.1, 0.15) is 12.6 Å². The van der Waals surface area contributed by atoms with Crippen LogP contribution in [0.3, 0.4) is 0 Å². The first kappa shape index (κ1) is 16.7. The predicted octanol–water partition coefficient (Wildman–Crippen LogP) is 0.445. The second kappa shape index (κ2) is 8.12. The lowest BCUT2D eigenvalue weighted by Gasteiger charge is -2.07. The highest BCUT2D eigenvalue weighted by molar-refractivity contribution is 5.85. The molecule has 1 unspecified atom stereocenters. The number of hydrogen-bond donors (Lipinski definition) is 3. The minimum absolute atomic E-state index is 0.220. The van der Waals surface area contributed by atoms with Gasteiger partial charge in [-0.2, -0.15) is 0 Å². The lowest BCUT2D eigenvalue weighted by atomic mass is 10.1. The summed E-state index contributed by atoms with van der Waals surface area (Å²) in [5, 5.41) is 23.0. The molecule has 23 heavy (non-hydrogen) atoms. The predicted molar refractivity (Wildman–Crippen MR) is 86.7 cm³/mol. The summed E-state index contributed by atoms with van der Waals surface area (Å²) in [6.45, 7) is 0.701. The maximum atomic E-state index is 10.1. The summed E-state index contributed by atoms with van der Waals surface area (Å²) >= 11 is 0. The molecule has 0 aliphatic rings. The number of benzene rings is 2. The fraction of sp³-hybridized carbons (Fsp3) is 0.167. The van der Waals surface area contributed by atoms with E-state index < -0.39 is 5.97 Å². The van der Waals surface area contributed by atoms with Gasteiger partial charge in [0.25, 0.3) is 0 Å². The van der Waals surface area contributed by atoms with Crippen LogP contribution < -0.4 is 10.4 Å². The number of hydrogen-bond acceptors (Lipinski definition) is 3. The molecule has 0 aliphatic heterocycles. The van der Waals surface area contributed by atoms with Gasteiger partial charge in [-0.05, 0) is 28.6 Å². The van der Waals surface area contributed by atoms with Gasteiger partial charge in [-0.1, -0.05) is 42.5 Å². The molecule has 3 rings (SSSR count). The van der Waals surface area contributed by atoms with Crippen LogP contribution in [0.5, 0.6) is 0 Å². The quantitative estimate of drug-likeness (QED) is 0.653. The number of rotatable bonds is 4. The van der Waals surface area contributed by atoms with E-state index in [1.165, 1.54) is 17.5 Å². The van der Waals surface area contributed by atoms with E-state index in [0.29, 0.717) is 6.54 Å². The Kier molecular flexibility index (Phi) is 5.91. The molecule has 0 aliphatic carbocycles. The summed E-state index contributed by atoms with van der Waals surface area (Å²) in [7, 11) is 1.95. The van der Waals surface area contributed by atoms with E-state index in [-0.39, 0.29) is 11.7 Å². The van der Waals surface area contributed by atoms with Crippen LogP contribution in [-0.2, 0) is 0 Å². The Morgan fingerprint density at radius 2 is 1.96 bits per heavy atom. The number of H-pyrrole nitrogens is 1. The molecule has 120 valence electrons. The Bertz CT molecular complexity index is 753. The zero-order chi connectivity index (χ0) is 16.7. The maximum absolute atomic E-state index is 10.1. The number of aliphatic hydroxyl groups is 1. The number of aromatic amines is 1. The molecule has 5 nitrogen and oxygen atoms in total. The maximum Gasteiger partial charge on any atom is 0.128 e. The van der Waals surface area contributed by atoms with Crippen LogP contribution in [0, 0.1) is 0 Å². The number of carboxylic acids is 1. The topological polar surface area (TPSA) is 92.8 Å². The van der Waals surface area contributed by atoms with Crippen LogP contribution >= 0.6 is 0 Å². The Morgan fingerprint density at radius 3 is 2.57 bits per heavy atom. The highest BCUT2D eigenvalue weighted by Gasteiger charge is 2.08. The Balaban J connectivity index is 0.000000185. The van der Waals surface area contributed by atoms with Crippen molar-refractivity contribution in [1.82, 2.24) is 4.98 Å². The van der Waals surface area contributed by atoms with Gasteiger partial charge in [-0.15, -0.1) is 0 Å². The molecule has 3 aromatic rings. The minimum atomic E-state index is -1.13. The Labute approximate surface area is 134 Å². The molecule has 0 bridgehead atoms. The van der Waals surface area contributed by atoms with Crippen LogP contribution in [0.25, 0.3) is 10.9 Å². The van der Waals surface area contributed by atoms with Gasteiger partial charge in [0, 0.05) is 11.7 Å². The third kappa shape index (κ3) is 4.67. The van der Waals surface area contributed by atoms with Gasteiger partial charge in [-0.3, -0.25) is 0 Å². The number of aromatic nitrogens is 1. The van der Waals surface area contributed by atoms with Gasteiger partial charge < -0.3 is 25.3 Å². The first-order valence-corrected chi connectivity index (χ1v) is 7.41. The van der Waals surface area contributed by atoms with Gasteiger partial charge >= 0.3 is 0 Å². The summed E-state index contributed by atoms with van der Waals surface area (Å²) in [6, 6.07) is 16.1. The number of carboxylic acid groups (broad SMARTS) is 1. The van der Waals surface area contributed by atoms with E-state index in [1.807, 2.05) is 42.8 Å². The van der Waals surface area contributed by atoms with E-state index in [2.05, 4.69) is 4.98 Å². The number of fused-ring (bicyclic) bond motifs is 1. The first-order chi connectivity index (χ1) is 11.1. The summed E-state index contributed by atoms with van der Waals surface area (Å²) < 4.78 is 0. The SMILES string of the molecule is C[NH2+]CC(O)c1ccc2cc[nH]c2c1.O=C([O-])c1ccccc1. The molecule has 4 N–H and O–H groups in total. The molecule has 0 radical (unpaired) electrons. The van der Waals surface area contributed by atoms with Crippen LogP contribution in [0.1, 0.15) is 22.0 Å². The van der Waals surface area contributed by atoms with Gasteiger partial charge in [-0.25, -0.2) is 0 Å². The van der Waals surface area contributed by atoms with Crippen LogP contribution in [0.4, 0.5) is 0 Å². The number of nitrogens with one attached hydrogen (secondary N) is 1. The van der Waals surface area contributed by atoms with E-state index in [9.17, 15) is 15.0 Å². The second-order valence-corrected chi connectivity index (χ2v) is 5.14. The van der Waals surface area contributed by atoms with Gasteiger partial charge in [0.05, 0.1) is 13.0 Å². The van der Waals surface area contributed by atoms with Crippen LogP contribution in [-0.4, -0.2) is 29.7 Å². The van der Waals surface area contributed by atoms with Crippen molar-refractivity contribution in [3.63, 3.8) is 0 Å². The number of aromatic carboxylic acids is 1. The lowest BCUT2D eigenvalue weighted by molar-refractivity contribution is -0.634. The molecule has 0 amide bonds. The number of nitrogens with two attached hydrogens (primary N) is 1. The summed E-state index contributed by atoms with van der Waals surface area (Å²) in [4.78, 5) is 13.2.